The summed E-state index contributed by atoms with van der Waals surface area (Å²) in [5.74, 6) is -0.163. The molecule has 0 saturated carbocycles. The largest absolute Gasteiger partial charge is 0.466 e. The molecule has 1 rings (SSSR count). The Labute approximate surface area is 543 Å². The standard InChI is InChI=1S/C77H147NO10/c1-3-5-7-9-11-13-14-15-16-17-32-36-39-42-45-49-53-57-61-65-73(82)86-66-62-58-54-50-46-43-40-37-34-31-29-27-25-23-21-19-18-20-22-24-26-28-30-33-35-38-41-44-48-52-56-60-64-72(81)78-69(70(80)63-59-55-51-47-12-10-8-6-4-2)68-87-77-76(85)75(84)74(83)71(67-79)88-77/h15-16,59,63,69-71,74-77,79-80,83-85H,3-14,17-58,60-62,64-68H2,1-2H3,(H,78,81)/b16-15-,63-59+. The van der Waals surface area contributed by atoms with Gasteiger partial charge in [-0.05, 0) is 57.8 Å². The lowest BCUT2D eigenvalue weighted by atomic mass is 9.99. The maximum absolute atomic E-state index is 13.0. The zero-order valence-electron chi connectivity index (χ0n) is 58.0. The zero-order chi connectivity index (χ0) is 63.7. The highest BCUT2D eigenvalue weighted by Gasteiger charge is 2.44. The van der Waals surface area contributed by atoms with Gasteiger partial charge < -0.3 is 45.1 Å². The summed E-state index contributed by atoms with van der Waals surface area (Å²) in [5.41, 5.74) is 0. The van der Waals surface area contributed by atoms with E-state index in [-0.39, 0.29) is 18.5 Å². The molecule has 7 atom stereocenters. The van der Waals surface area contributed by atoms with Gasteiger partial charge in [0.05, 0.1) is 32.0 Å². The number of hydrogen-bond acceptors (Lipinski definition) is 10. The van der Waals surface area contributed by atoms with Crippen LogP contribution in [0.3, 0.4) is 0 Å². The number of hydrogen-bond donors (Lipinski definition) is 6. The van der Waals surface area contributed by atoms with Gasteiger partial charge in [0, 0.05) is 12.8 Å². The zero-order valence-corrected chi connectivity index (χ0v) is 58.0. The van der Waals surface area contributed by atoms with E-state index in [1.54, 1.807) is 6.08 Å². The third-order valence-corrected chi connectivity index (χ3v) is 18.6. The number of aliphatic hydroxyl groups excluding tert-OH is 5. The maximum atomic E-state index is 13.0. The molecule has 0 aromatic heterocycles. The first-order chi connectivity index (χ1) is 43.2. The fourth-order valence-corrected chi connectivity index (χ4v) is 12.5. The number of carbonyl (C=O) groups is 2. The van der Waals surface area contributed by atoms with Crippen LogP contribution in [0.2, 0.25) is 0 Å². The van der Waals surface area contributed by atoms with Gasteiger partial charge in [0.15, 0.2) is 6.29 Å². The Morgan fingerprint density at radius 2 is 0.727 bits per heavy atom. The molecule has 1 fully saturated rings. The van der Waals surface area contributed by atoms with E-state index in [1.165, 1.54) is 308 Å². The van der Waals surface area contributed by atoms with Crippen molar-refractivity contribution in [3.8, 4) is 0 Å². The maximum Gasteiger partial charge on any atom is 0.305 e. The van der Waals surface area contributed by atoms with Crippen molar-refractivity contribution in [2.75, 3.05) is 19.8 Å². The molecule has 1 saturated heterocycles. The molecule has 0 aliphatic carbocycles. The number of nitrogens with one attached hydrogen (secondary N) is 1. The Kier molecular flexibility index (Phi) is 63.7. The monoisotopic (exact) mass is 1250 g/mol. The lowest BCUT2D eigenvalue weighted by Crippen LogP contribution is -2.60. The number of aliphatic hydroxyl groups is 5. The van der Waals surface area contributed by atoms with Crippen LogP contribution in [0.1, 0.15) is 393 Å². The van der Waals surface area contributed by atoms with Gasteiger partial charge in [0.1, 0.15) is 24.4 Å². The summed E-state index contributed by atoms with van der Waals surface area (Å²) >= 11 is 0. The van der Waals surface area contributed by atoms with Crippen molar-refractivity contribution in [1.29, 1.82) is 0 Å². The van der Waals surface area contributed by atoms with Crippen molar-refractivity contribution in [3.05, 3.63) is 24.3 Å². The van der Waals surface area contributed by atoms with E-state index in [1.807, 2.05) is 6.08 Å². The fourth-order valence-electron chi connectivity index (χ4n) is 12.5. The van der Waals surface area contributed by atoms with Crippen LogP contribution in [-0.2, 0) is 23.8 Å². The molecule has 0 aromatic carbocycles. The highest BCUT2D eigenvalue weighted by molar-refractivity contribution is 5.76. The van der Waals surface area contributed by atoms with E-state index in [0.29, 0.717) is 19.4 Å². The number of ether oxygens (including phenoxy) is 3. The Bertz CT molecular complexity index is 1510. The number of amides is 1. The summed E-state index contributed by atoms with van der Waals surface area (Å²) in [5, 5.41) is 54.3. The molecule has 6 N–H and O–H groups in total. The summed E-state index contributed by atoms with van der Waals surface area (Å²) in [7, 11) is 0. The molecule has 0 radical (unpaired) electrons. The molecule has 1 aliphatic heterocycles. The highest BCUT2D eigenvalue weighted by Crippen LogP contribution is 2.24. The molecule has 520 valence electrons. The number of unbranched alkanes of at least 4 members (excludes halogenated alkanes) is 53. The predicted octanol–water partition coefficient (Wildman–Crippen LogP) is 20.4. The van der Waals surface area contributed by atoms with Crippen LogP contribution in [0.25, 0.3) is 0 Å². The van der Waals surface area contributed by atoms with Crippen LogP contribution in [0.15, 0.2) is 24.3 Å². The normalized spacial score (nSPS) is 17.8. The number of esters is 1. The van der Waals surface area contributed by atoms with Crippen molar-refractivity contribution in [2.45, 2.75) is 436 Å². The van der Waals surface area contributed by atoms with E-state index >= 15 is 0 Å². The minimum Gasteiger partial charge on any atom is -0.466 e. The van der Waals surface area contributed by atoms with Crippen molar-refractivity contribution in [3.63, 3.8) is 0 Å². The van der Waals surface area contributed by atoms with Gasteiger partial charge in [0.2, 0.25) is 5.91 Å². The lowest BCUT2D eigenvalue weighted by molar-refractivity contribution is -0.302. The molecule has 0 spiro atoms. The molecule has 1 aliphatic rings. The fraction of sp³-hybridized carbons (Fsp3) is 0.922. The quantitative estimate of drug-likeness (QED) is 0.0195. The second-order valence-electron chi connectivity index (χ2n) is 27.1. The predicted molar refractivity (Wildman–Crippen MR) is 371 cm³/mol. The van der Waals surface area contributed by atoms with Gasteiger partial charge in [-0.3, -0.25) is 9.59 Å². The van der Waals surface area contributed by atoms with Crippen LogP contribution in [0.4, 0.5) is 0 Å². The van der Waals surface area contributed by atoms with E-state index in [0.717, 1.165) is 57.8 Å². The molecular formula is C77H147NO10. The van der Waals surface area contributed by atoms with Gasteiger partial charge in [-0.2, -0.15) is 0 Å². The Hall–Kier alpha value is -1.86. The van der Waals surface area contributed by atoms with Gasteiger partial charge in [-0.15, -0.1) is 0 Å². The van der Waals surface area contributed by atoms with E-state index in [2.05, 4.69) is 31.3 Å². The SMILES string of the molecule is CCCCCCCC/C=C\CCCCCCCCCCCC(=O)OCCCCCCCCCCCCCCCCCCCCCCCCCCCCCCCCCCC(=O)NC(COC1OC(CO)C(O)C(O)C1O)C(O)/C=C/CCCCCCCCC. The average Bonchev–Trinajstić information content (AvgIpc) is 2.57. The minimum atomic E-state index is -1.57. The molecule has 7 unspecified atom stereocenters. The van der Waals surface area contributed by atoms with Crippen LogP contribution < -0.4 is 5.32 Å². The summed E-state index contributed by atoms with van der Waals surface area (Å²) in [4.78, 5) is 25.2. The lowest BCUT2D eigenvalue weighted by Gasteiger charge is -2.40. The first kappa shape index (κ1) is 84.2. The minimum absolute atomic E-state index is 0.0140. The molecule has 1 heterocycles. The van der Waals surface area contributed by atoms with Gasteiger partial charge in [-0.25, -0.2) is 0 Å². The van der Waals surface area contributed by atoms with E-state index in [9.17, 15) is 35.1 Å². The third kappa shape index (κ3) is 54.7. The van der Waals surface area contributed by atoms with Crippen molar-refractivity contribution in [2.24, 2.45) is 0 Å². The highest BCUT2D eigenvalue weighted by atomic mass is 16.7. The summed E-state index contributed by atoms with van der Waals surface area (Å²) in [6.45, 7) is 4.36. The first-order valence-electron chi connectivity index (χ1n) is 38.6. The Morgan fingerprint density at radius 1 is 0.409 bits per heavy atom. The van der Waals surface area contributed by atoms with E-state index < -0.39 is 49.5 Å². The van der Waals surface area contributed by atoms with Crippen LogP contribution in [0.5, 0.6) is 0 Å². The summed E-state index contributed by atoms with van der Waals surface area (Å²) < 4.78 is 16.8. The molecule has 88 heavy (non-hydrogen) atoms. The summed E-state index contributed by atoms with van der Waals surface area (Å²) in [6.07, 6.45) is 75.0. The third-order valence-electron chi connectivity index (χ3n) is 18.6. The first-order valence-corrected chi connectivity index (χ1v) is 38.6. The van der Waals surface area contributed by atoms with Gasteiger partial charge in [-0.1, -0.05) is 346 Å². The van der Waals surface area contributed by atoms with Crippen molar-refractivity contribution >= 4 is 11.9 Å². The van der Waals surface area contributed by atoms with Crippen molar-refractivity contribution in [1.82, 2.24) is 5.32 Å². The second kappa shape index (κ2) is 66.6. The molecular weight excluding hydrogens is 1100 g/mol. The number of rotatable bonds is 69. The molecule has 1 amide bonds. The Morgan fingerprint density at radius 3 is 1.09 bits per heavy atom. The smallest absolute Gasteiger partial charge is 0.305 e. The van der Waals surface area contributed by atoms with Crippen LogP contribution in [-0.4, -0.2) is 100 Å². The summed E-state index contributed by atoms with van der Waals surface area (Å²) in [6, 6.07) is -0.805. The van der Waals surface area contributed by atoms with E-state index in [4.69, 9.17) is 14.2 Å². The molecule has 11 nitrogen and oxygen atoms in total. The number of allylic oxidation sites excluding steroid dienone is 3. The van der Waals surface area contributed by atoms with Crippen LogP contribution >= 0.6 is 0 Å². The Balaban J connectivity index is 1.85. The van der Waals surface area contributed by atoms with Crippen LogP contribution in [0, 0.1) is 0 Å². The number of carbonyl (C=O) groups excluding carboxylic acids is 2. The molecule has 11 heteroatoms. The molecule has 0 bridgehead atoms. The average molecular weight is 1250 g/mol. The topological polar surface area (TPSA) is 175 Å². The van der Waals surface area contributed by atoms with Gasteiger partial charge in [0.25, 0.3) is 0 Å². The van der Waals surface area contributed by atoms with Crippen molar-refractivity contribution < 1.29 is 49.3 Å². The second-order valence-corrected chi connectivity index (χ2v) is 27.1. The molecule has 0 aromatic rings. The van der Waals surface area contributed by atoms with Gasteiger partial charge >= 0.3 is 5.97 Å².